The van der Waals surface area contributed by atoms with E-state index in [1.165, 1.54) is 32.2 Å². The van der Waals surface area contributed by atoms with Crippen LogP contribution in [0.4, 0.5) is 0 Å². The van der Waals surface area contributed by atoms with Gasteiger partial charge in [-0.2, -0.15) is 0 Å². The lowest BCUT2D eigenvalue weighted by atomic mass is 10.1. The maximum Gasteiger partial charge on any atom is 0.0543 e. The van der Waals surface area contributed by atoms with Gasteiger partial charge in [-0.15, -0.1) is 0 Å². The molecule has 0 amide bonds. The Morgan fingerprint density at radius 2 is 2.17 bits per heavy atom. The molecule has 1 heterocycles. The van der Waals surface area contributed by atoms with Crippen molar-refractivity contribution < 1.29 is 0 Å². The number of likely N-dealkylation sites (N-methyl/N-ethyl adjacent to an activating group) is 1. The normalized spacial score (nSPS) is 16.6. The summed E-state index contributed by atoms with van der Waals surface area (Å²) < 4.78 is 0. The van der Waals surface area contributed by atoms with Gasteiger partial charge in [0, 0.05) is 25.8 Å². The lowest BCUT2D eigenvalue weighted by Crippen LogP contribution is -2.31. The lowest BCUT2D eigenvalue weighted by molar-refractivity contribution is 0.316. The molecule has 0 atom stereocenters. The second kappa shape index (κ2) is 7.49. The maximum atomic E-state index is 4.35. The van der Waals surface area contributed by atoms with Crippen molar-refractivity contribution in [3.63, 3.8) is 0 Å². The second-order valence-electron chi connectivity index (χ2n) is 5.41. The van der Waals surface area contributed by atoms with E-state index in [2.05, 4.69) is 34.4 Å². The van der Waals surface area contributed by atoms with E-state index in [9.17, 15) is 0 Å². The summed E-state index contributed by atoms with van der Waals surface area (Å²) in [6, 6.07) is 6.10. The Morgan fingerprint density at radius 1 is 1.33 bits per heavy atom. The SMILES string of the molecule is CN(CCNCC1CCCC1)Cc1ccccn1. The van der Waals surface area contributed by atoms with Gasteiger partial charge < -0.3 is 5.32 Å². The minimum atomic E-state index is 0.936. The molecule has 0 saturated heterocycles. The highest BCUT2D eigenvalue weighted by Crippen LogP contribution is 2.23. The van der Waals surface area contributed by atoms with Crippen LogP contribution in [0, 0.1) is 5.92 Å². The zero-order valence-electron chi connectivity index (χ0n) is 11.4. The summed E-state index contributed by atoms with van der Waals surface area (Å²) in [5.41, 5.74) is 1.15. The molecule has 1 N–H and O–H groups in total. The molecule has 1 saturated carbocycles. The molecule has 0 bridgehead atoms. The van der Waals surface area contributed by atoms with Crippen LogP contribution in [-0.2, 0) is 6.54 Å². The van der Waals surface area contributed by atoms with E-state index >= 15 is 0 Å². The third-order valence-corrected chi connectivity index (χ3v) is 3.74. The van der Waals surface area contributed by atoms with Crippen molar-refractivity contribution in [1.82, 2.24) is 15.2 Å². The molecule has 3 heteroatoms. The zero-order valence-corrected chi connectivity index (χ0v) is 11.4. The number of pyridine rings is 1. The van der Waals surface area contributed by atoms with E-state index in [0.29, 0.717) is 0 Å². The number of nitrogens with one attached hydrogen (secondary N) is 1. The molecule has 1 aliphatic rings. The van der Waals surface area contributed by atoms with Crippen molar-refractivity contribution >= 4 is 0 Å². The van der Waals surface area contributed by atoms with Gasteiger partial charge in [-0.1, -0.05) is 18.9 Å². The molecule has 1 aliphatic carbocycles. The summed E-state index contributed by atoms with van der Waals surface area (Å²) in [5.74, 6) is 0.936. The number of rotatable bonds is 7. The molecule has 0 radical (unpaired) electrons. The van der Waals surface area contributed by atoms with Gasteiger partial charge >= 0.3 is 0 Å². The van der Waals surface area contributed by atoms with Crippen molar-refractivity contribution in [1.29, 1.82) is 0 Å². The van der Waals surface area contributed by atoms with Crippen LogP contribution in [0.1, 0.15) is 31.4 Å². The van der Waals surface area contributed by atoms with Crippen LogP contribution in [0.5, 0.6) is 0 Å². The highest BCUT2D eigenvalue weighted by molar-refractivity contribution is 5.02. The summed E-state index contributed by atoms with van der Waals surface area (Å²) in [5, 5.41) is 3.58. The molecule has 0 aliphatic heterocycles. The van der Waals surface area contributed by atoms with Crippen LogP contribution < -0.4 is 5.32 Å². The minimum Gasteiger partial charge on any atom is -0.315 e. The van der Waals surface area contributed by atoms with Gasteiger partial charge in [0.05, 0.1) is 5.69 Å². The molecule has 3 nitrogen and oxygen atoms in total. The fourth-order valence-electron chi connectivity index (χ4n) is 2.64. The molecule has 0 aromatic carbocycles. The van der Waals surface area contributed by atoms with E-state index in [1.54, 1.807) is 0 Å². The van der Waals surface area contributed by atoms with Crippen molar-refractivity contribution in [2.24, 2.45) is 5.92 Å². The van der Waals surface area contributed by atoms with Crippen LogP contribution in [0.25, 0.3) is 0 Å². The first-order chi connectivity index (χ1) is 8.84. The molecule has 100 valence electrons. The summed E-state index contributed by atoms with van der Waals surface area (Å²) in [6.07, 6.45) is 7.59. The smallest absolute Gasteiger partial charge is 0.0543 e. The largest absolute Gasteiger partial charge is 0.315 e. The van der Waals surface area contributed by atoms with E-state index in [4.69, 9.17) is 0 Å². The van der Waals surface area contributed by atoms with Gasteiger partial charge in [-0.25, -0.2) is 0 Å². The monoisotopic (exact) mass is 247 g/mol. The predicted molar refractivity (Wildman–Crippen MR) is 75.4 cm³/mol. The zero-order chi connectivity index (χ0) is 12.6. The van der Waals surface area contributed by atoms with Crippen molar-refractivity contribution in [3.05, 3.63) is 30.1 Å². The molecule has 1 aromatic heterocycles. The number of hydrogen-bond acceptors (Lipinski definition) is 3. The number of hydrogen-bond donors (Lipinski definition) is 1. The summed E-state index contributed by atoms with van der Waals surface area (Å²) in [7, 11) is 2.16. The average molecular weight is 247 g/mol. The van der Waals surface area contributed by atoms with Gasteiger partial charge in [0.25, 0.3) is 0 Å². The van der Waals surface area contributed by atoms with Crippen LogP contribution in [-0.4, -0.2) is 36.6 Å². The van der Waals surface area contributed by atoms with Crippen molar-refractivity contribution in [2.75, 3.05) is 26.7 Å². The Balaban J connectivity index is 1.55. The third-order valence-electron chi connectivity index (χ3n) is 3.74. The Bertz CT molecular complexity index is 320. The Kier molecular flexibility index (Phi) is 5.62. The summed E-state index contributed by atoms with van der Waals surface area (Å²) in [6.45, 7) is 4.31. The molecule has 1 aromatic rings. The first kappa shape index (κ1) is 13.5. The molecule has 2 rings (SSSR count). The Morgan fingerprint density at radius 3 is 2.89 bits per heavy atom. The van der Waals surface area contributed by atoms with Crippen molar-refractivity contribution in [2.45, 2.75) is 32.2 Å². The summed E-state index contributed by atoms with van der Waals surface area (Å²) >= 11 is 0. The fraction of sp³-hybridized carbons (Fsp3) is 0.667. The fourth-order valence-corrected chi connectivity index (χ4v) is 2.64. The van der Waals surface area contributed by atoms with Crippen molar-refractivity contribution in [3.8, 4) is 0 Å². The van der Waals surface area contributed by atoms with E-state index in [-0.39, 0.29) is 0 Å². The Labute approximate surface area is 111 Å². The molecular weight excluding hydrogens is 222 g/mol. The maximum absolute atomic E-state index is 4.35. The topological polar surface area (TPSA) is 28.2 Å². The van der Waals surface area contributed by atoms with Crippen LogP contribution in [0.3, 0.4) is 0 Å². The quantitative estimate of drug-likeness (QED) is 0.749. The average Bonchev–Trinajstić information content (AvgIpc) is 2.89. The lowest BCUT2D eigenvalue weighted by Gasteiger charge is -2.17. The highest BCUT2D eigenvalue weighted by Gasteiger charge is 2.13. The molecule has 1 fully saturated rings. The van der Waals surface area contributed by atoms with Gasteiger partial charge in [0.2, 0.25) is 0 Å². The second-order valence-corrected chi connectivity index (χ2v) is 5.41. The van der Waals surface area contributed by atoms with Crippen LogP contribution in [0.2, 0.25) is 0 Å². The minimum absolute atomic E-state index is 0.936. The van der Waals surface area contributed by atoms with Gasteiger partial charge in [0.15, 0.2) is 0 Å². The van der Waals surface area contributed by atoms with E-state index in [0.717, 1.165) is 31.2 Å². The molecule has 0 spiro atoms. The first-order valence-electron chi connectivity index (χ1n) is 7.14. The third kappa shape index (κ3) is 4.75. The van der Waals surface area contributed by atoms with Crippen LogP contribution in [0.15, 0.2) is 24.4 Å². The van der Waals surface area contributed by atoms with Gasteiger partial charge in [0.1, 0.15) is 0 Å². The number of aromatic nitrogens is 1. The molecule has 18 heavy (non-hydrogen) atoms. The van der Waals surface area contributed by atoms with Crippen LogP contribution >= 0.6 is 0 Å². The summed E-state index contributed by atoms with van der Waals surface area (Å²) in [4.78, 5) is 6.67. The first-order valence-corrected chi connectivity index (χ1v) is 7.14. The van der Waals surface area contributed by atoms with Gasteiger partial charge in [-0.3, -0.25) is 9.88 Å². The molecule has 0 unspecified atom stereocenters. The number of nitrogens with zero attached hydrogens (tertiary/aromatic N) is 2. The molecular formula is C15H25N3. The Hall–Kier alpha value is -0.930. The van der Waals surface area contributed by atoms with E-state index in [1.807, 2.05) is 12.3 Å². The van der Waals surface area contributed by atoms with E-state index < -0.39 is 0 Å². The standard InChI is InChI=1S/C15H25N3/c1-18(13-15-8-4-5-9-17-15)11-10-16-12-14-6-2-3-7-14/h4-5,8-9,14,16H,2-3,6-7,10-13H2,1H3. The highest BCUT2D eigenvalue weighted by atomic mass is 15.1. The predicted octanol–water partition coefficient (Wildman–Crippen LogP) is 2.29. The van der Waals surface area contributed by atoms with Gasteiger partial charge in [-0.05, 0) is 44.5 Å².